The fourth-order valence-electron chi connectivity index (χ4n) is 4.87. The van der Waals surface area contributed by atoms with Crippen molar-refractivity contribution in [1.29, 1.82) is 0 Å². The van der Waals surface area contributed by atoms with Gasteiger partial charge in [0.1, 0.15) is 17.8 Å². The largest absolute Gasteiger partial charge is 0.448 e. The lowest BCUT2D eigenvalue weighted by molar-refractivity contribution is -0.148. The predicted octanol–water partition coefficient (Wildman–Crippen LogP) is -0.351. The van der Waals surface area contributed by atoms with Crippen molar-refractivity contribution in [3.8, 4) is 0 Å². The summed E-state index contributed by atoms with van der Waals surface area (Å²) in [4.78, 5) is 73.0. The van der Waals surface area contributed by atoms with Crippen LogP contribution in [-0.4, -0.2) is 102 Å². The van der Waals surface area contributed by atoms with Gasteiger partial charge in [-0.05, 0) is 18.4 Å². The SMILES string of the molecule is Cc1ocnc1C(=O)N1C[C@@H]2CNC(=O)[C@H](C(C)C)NC(=O)CN(C)C(=O)[C@@H](Cc3ccccc3)NC(=O)[C@@H](C1)O2. The van der Waals surface area contributed by atoms with Crippen LogP contribution in [0.2, 0.25) is 0 Å². The second-order valence-electron chi connectivity index (χ2n) is 10.7. The zero-order chi connectivity index (χ0) is 29.7. The minimum Gasteiger partial charge on any atom is -0.448 e. The smallest absolute Gasteiger partial charge is 0.276 e. The minimum absolute atomic E-state index is 0.0183. The Morgan fingerprint density at radius 2 is 1.80 bits per heavy atom. The number of nitrogens with zero attached hydrogens (tertiary/aromatic N) is 3. The van der Waals surface area contributed by atoms with Crippen LogP contribution in [0.5, 0.6) is 0 Å². The number of oxazole rings is 1. The molecule has 4 atom stereocenters. The number of ether oxygens (including phenoxy) is 1. The highest BCUT2D eigenvalue weighted by molar-refractivity contribution is 5.95. The van der Waals surface area contributed by atoms with E-state index in [1.807, 2.05) is 30.3 Å². The Morgan fingerprint density at radius 1 is 1.07 bits per heavy atom. The Balaban J connectivity index is 1.66. The molecule has 220 valence electrons. The van der Waals surface area contributed by atoms with Crippen LogP contribution in [0, 0.1) is 12.8 Å². The van der Waals surface area contributed by atoms with Gasteiger partial charge in [0.2, 0.25) is 17.7 Å². The van der Waals surface area contributed by atoms with E-state index in [0.29, 0.717) is 5.76 Å². The highest BCUT2D eigenvalue weighted by atomic mass is 16.5. The fourth-order valence-corrected chi connectivity index (χ4v) is 4.87. The van der Waals surface area contributed by atoms with E-state index in [2.05, 4.69) is 20.9 Å². The molecule has 1 aromatic carbocycles. The van der Waals surface area contributed by atoms with Gasteiger partial charge in [-0.15, -0.1) is 0 Å². The molecule has 3 N–H and O–H groups in total. The van der Waals surface area contributed by atoms with E-state index in [1.54, 1.807) is 20.8 Å². The van der Waals surface area contributed by atoms with Crippen molar-refractivity contribution in [2.75, 3.05) is 33.2 Å². The average Bonchev–Trinajstić information content (AvgIpc) is 3.38. The second kappa shape index (κ2) is 12.9. The van der Waals surface area contributed by atoms with Crippen LogP contribution in [0.3, 0.4) is 0 Å². The van der Waals surface area contributed by atoms with E-state index in [-0.39, 0.29) is 44.2 Å². The van der Waals surface area contributed by atoms with E-state index in [1.165, 1.54) is 23.2 Å². The number of benzene rings is 1. The van der Waals surface area contributed by atoms with Crippen molar-refractivity contribution in [3.63, 3.8) is 0 Å². The summed E-state index contributed by atoms with van der Waals surface area (Å²) in [5.41, 5.74) is 0.915. The zero-order valence-electron chi connectivity index (χ0n) is 23.6. The summed E-state index contributed by atoms with van der Waals surface area (Å²) in [6.07, 6.45) is -0.547. The number of carbonyl (C=O) groups is 5. The first-order chi connectivity index (χ1) is 19.5. The van der Waals surface area contributed by atoms with Gasteiger partial charge in [0.15, 0.2) is 18.2 Å². The summed E-state index contributed by atoms with van der Waals surface area (Å²) in [5, 5.41) is 8.27. The van der Waals surface area contributed by atoms with Crippen LogP contribution in [0.1, 0.15) is 35.7 Å². The number of rotatable bonds is 4. The van der Waals surface area contributed by atoms with E-state index < -0.39 is 53.8 Å². The van der Waals surface area contributed by atoms with E-state index in [4.69, 9.17) is 9.15 Å². The second-order valence-corrected chi connectivity index (χ2v) is 10.7. The van der Waals surface area contributed by atoms with Crippen LogP contribution in [-0.2, 0) is 30.3 Å². The van der Waals surface area contributed by atoms with Crippen molar-refractivity contribution < 1.29 is 33.1 Å². The first-order valence-electron chi connectivity index (χ1n) is 13.5. The zero-order valence-corrected chi connectivity index (χ0v) is 23.6. The van der Waals surface area contributed by atoms with Crippen molar-refractivity contribution in [2.24, 2.45) is 5.92 Å². The summed E-state index contributed by atoms with van der Waals surface area (Å²) >= 11 is 0. The molecule has 2 aliphatic heterocycles. The number of amides is 5. The fraction of sp³-hybridized carbons (Fsp3) is 0.500. The van der Waals surface area contributed by atoms with Crippen molar-refractivity contribution >= 4 is 29.5 Å². The summed E-state index contributed by atoms with van der Waals surface area (Å²) in [6, 6.07) is 7.28. The van der Waals surface area contributed by atoms with E-state index in [0.717, 1.165) is 5.56 Å². The van der Waals surface area contributed by atoms with Gasteiger partial charge in [0, 0.05) is 26.6 Å². The lowest BCUT2D eigenvalue weighted by atomic mass is 10.0. The molecule has 0 unspecified atom stereocenters. The van der Waals surface area contributed by atoms with Gasteiger partial charge in [-0.25, -0.2) is 4.98 Å². The predicted molar refractivity (Wildman–Crippen MR) is 145 cm³/mol. The molecule has 0 aliphatic carbocycles. The maximum absolute atomic E-state index is 13.6. The van der Waals surface area contributed by atoms with Crippen molar-refractivity contribution in [1.82, 2.24) is 30.7 Å². The molecule has 2 aliphatic rings. The standard InChI is InChI=1S/C28H36N6O7/c1-16(2)23-26(37)29-11-19-12-34(28(39)24-17(3)40-15-30-24)13-21(41-19)25(36)31-20(10-18-8-6-5-7-9-18)27(38)33(4)14-22(35)32-23/h5-9,15-16,19-21,23H,10-14H2,1-4H3,(H,29,37)(H,31,36)(H,32,35)/t19-,20+,21+,23-/m0/s1. The highest BCUT2D eigenvalue weighted by Gasteiger charge is 2.39. The Labute approximate surface area is 238 Å². The third-order valence-corrected chi connectivity index (χ3v) is 7.12. The van der Waals surface area contributed by atoms with Gasteiger partial charge in [-0.3, -0.25) is 24.0 Å². The van der Waals surface area contributed by atoms with Crippen LogP contribution in [0.25, 0.3) is 0 Å². The third-order valence-electron chi connectivity index (χ3n) is 7.12. The first-order valence-corrected chi connectivity index (χ1v) is 13.5. The normalized spacial score (nSPS) is 24.7. The molecule has 13 nitrogen and oxygen atoms in total. The topological polar surface area (TPSA) is 163 Å². The average molecular weight is 569 g/mol. The molecule has 2 fully saturated rings. The van der Waals surface area contributed by atoms with Crippen LogP contribution in [0.15, 0.2) is 41.1 Å². The Bertz CT molecular complexity index is 1280. The molecule has 3 heterocycles. The van der Waals surface area contributed by atoms with Gasteiger partial charge in [0.25, 0.3) is 11.8 Å². The summed E-state index contributed by atoms with van der Waals surface area (Å²) in [5.74, 6) is -2.41. The summed E-state index contributed by atoms with van der Waals surface area (Å²) in [6.45, 7) is 4.84. The quantitative estimate of drug-likeness (QED) is 0.451. The molecular weight excluding hydrogens is 532 g/mol. The van der Waals surface area contributed by atoms with Gasteiger partial charge in [-0.1, -0.05) is 44.2 Å². The third kappa shape index (κ3) is 7.28. The molecule has 2 bridgehead atoms. The van der Waals surface area contributed by atoms with Gasteiger partial charge >= 0.3 is 0 Å². The number of likely N-dealkylation sites (N-methyl/N-ethyl adjacent to an activating group) is 1. The van der Waals surface area contributed by atoms with Crippen LogP contribution >= 0.6 is 0 Å². The molecule has 13 heteroatoms. The van der Waals surface area contributed by atoms with E-state index >= 15 is 0 Å². The Morgan fingerprint density at radius 3 is 2.46 bits per heavy atom. The number of morpholine rings is 1. The monoisotopic (exact) mass is 568 g/mol. The van der Waals surface area contributed by atoms with E-state index in [9.17, 15) is 24.0 Å². The number of hydrogen-bond acceptors (Lipinski definition) is 8. The van der Waals surface area contributed by atoms with Gasteiger partial charge in [0.05, 0.1) is 19.2 Å². The van der Waals surface area contributed by atoms with Gasteiger partial charge < -0.3 is 34.9 Å². The molecular formula is C28H36N6O7. The molecule has 41 heavy (non-hydrogen) atoms. The first kappa shape index (κ1) is 29.7. The lowest BCUT2D eigenvalue weighted by Gasteiger charge is -2.38. The molecule has 2 aromatic rings. The molecule has 0 spiro atoms. The summed E-state index contributed by atoms with van der Waals surface area (Å²) < 4.78 is 11.2. The van der Waals surface area contributed by atoms with Crippen molar-refractivity contribution in [2.45, 2.75) is 51.5 Å². The lowest BCUT2D eigenvalue weighted by Crippen LogP contribution is -2.59. The number of aromatic nitrogens is 1. The highest BCUT2D eigenvalue weighted by Crippen LogP contribution is 2.18. The maximum atomic E-state index is 13.6. The van der Waals surface area contributed by atoms with Gasteiger partial charge in [-0.2, -0.15) is 0 Å². The number of fused-ring (bicyclic) bond motifs is 2. The van der Waals surface area contributed by atoms with Crippen LogP contribution in [0.4, 0.5) is 0 Å². The summed E-state index contributed by atoms with van der Waals surface area (Å²) in [7, 11) is 1.46. The molecule has 4 rings (SSSR count). The Kier molecular flexibility index (Phi) is 9.38. The molecule has 0 saturated carbocycles. The number of aryl methyl sites for hydroxylation is 1. The molecule has 0 radical (unpaired) electrons. The molecule has 1 aromatic heterocycles. The number of carbonyl (C=O) groups excluding carboxylic acids is 5. The van der Waals surface area contributed by atoms with Crippen molar-refractivity contribution in [3.05, 3.63) is 53.7 Å². The molecule has 2 saturated heterocycles. The number of hydrogen-bond donors (Lipinski definition) is 3. The maximum Gasteiger partial charge on any atom is 0.276 e. The Hall–Kier alpha value is -4.26. The number of nitrogens with one attached hydrogen (secondary N) is 3. The molecule has 5 amide bonds. The van der Waals surface area contributed by atoms with Crippen LogP contribution < -0.4 is 16.0 Å². The minimum atomic E-state index is -1.14.